The number of anilines is 1. The summed E-state index contributed by atoms with van der Waals surface area (Å²) in [6, 6.07) is 7.19. The van der Waals surface area contributed by atoms with Crippen LogP contribution in [0.2, 0.25) is 0 Å². The molecule has 13 heteroatoms. The molecule has 5 N–H and O–H groups in total. The second kappa shape index (κ2) is 14.1. The highest BCUT2D eigenvalue weighted by Crippen LogP contribution is 2.23. The van der Waals surface area contributed by atoms with Crippen molar-refractivity contribution < 1.29 is 14.3 Å². The van der Waals surface area contributed by atoms with Crippen LogP contribution >= 0.6 is 12.4 Å². The number of nitrogens with one attached hydrogen (secondary N) is 1. The lowest BCUT2D eigenvalue weighted by molar-refractivity contribution is -0.137. The number of halogens is 1. The summed E-state index contributed by atoms with van der Waals surface area (Å²) in [7, 11) is 1.62. The van der Waals surface area contributed by atoms with Crippen molar-refractivity contribution in [1.29, 1.82) is 0 Å². The Hall–Kier alpha value is -3.19. The Kier molecular flexibility index (Phi) is 11.1. The Bertz CT molecular complexity index is 1260. The summed E-state index contributed by atoms with van der Waals surface area (Å²) in [5.74, 6) is 0.725. The van der Waals surface area contributed by atoms with Gasteiger partial charge in [0.25, 0.3) is 0 Å². The van der Waals surface area contributed by atoms with Crippen LogP contribution in [0.4, 0.5) is 10.6 Å². The molecular weight excluding hydrogens is 548 g/mol. The Morgan fingerprint density at radius 1 is 1.07 bits per heavy atom. The zero-order chi connectivity index (χ0) is 28.9. The molecule has 12 nitrogen and oxygen atoms in total. The number of aromatic nitrogens is 2. The highest BCUT2D eigenvalue weighted by molar-refractivity contribution is 5.89. The van der Waals surface area contributed by atoms with Gasteiger partial charge in [-0.1, -0.05) is 6.07 Å². The molecule has 1 aromatic heterocycles. The highest BCUT2D eigenvalue weighted by Gasteiger charge is 2.31. The molecular formula is C28H43ClN8O4. The number of likely N-dealkylation sites (tertiary alicyclic amines) is 1. The molecule has 0 bridgehead atoms. The monoisotopic (exact) mass is 590 g/mol. The van der Waals surface area contributed by atoms with Crippen molar-refractivity contribution in [2.45, 2.75) is 51.1 Å². The number of ether oxygens (including phenoxy) is 1. The Morgan fingerprint density at radius 2 is 1.78 bits per heavy atom. The summed E-state index contributed by atoms with van der Waals surface area (Å²) in [6.07, 6.45) is 5.64. The number of hydrogen-bond acceptors (Lipinski definition) is 8. The number of hydrogen-bond donors (Lipinski definition) is 3. The molecule has 2 aromatic rings. The first-order valence-electron chi connectivity index (χ1n) is 13.9. The fraction of sp³-hybridized carbons (Fsp3) is 0.571. The Labute approximate surface area is 247 Å². The van der Waals surface area contributed by atoms with Crippen molar-refractivity contribution in [1.82, 2.24) is 24.3 Å². The number of carbonyl (C=O) groups excluding carboxylic acids is 2. The molecule has 1 atom stereocenters. The molecule has 0 radical (unpaired) electrons. The van der Waals surface area contributed by atoms with E-state index in [9.17, 15) is 14.4 Å². The lowest BCUT2D eigenvalue weighted by Gasteiger charge is -2.37. The largest absolute Gasteiger partial charge is 0.496 e. The number of urea groups is 1. The van der Waals surface area contributed by atoms with Gasteiger partial charge in [-0.3, -0.25) is 14.7 Å². The molecule has 2 saturated heterocycles. The number of piperazine rings is 1. The van der Waals surface area contributed by atoms with E-state index in [1.165, 1.54) is 4.57 Å². The molecule has 2 aliphatic heterocycles. The second-order valence-corrected chi connectivity index (χ2v) is 11.2. The molecule has 226 valence electrons. The van der Waals surface area contributed by atoms with Crippen LogP contribution in [0.25, 0.3) is 5.69 Å². The van der Waals surface area contributed by atoms with Crippen molar-refractivity contribution in [2.75, 3.05) is 58.2 Å². The van der Waals surface area contributed by atoms with Gasteiger partial charge in [-0.2, -0.15) is 4.98 Å². The van der Waals surface area contributed by atoms with E-state index in [2.05, 4.69) is 15.2 Å². The van der Waals surface area contributed by atoms with Gasteiger partial charge in [0, 0.05) is 51.0 Å². The van der Waals surface area contributed by atoms with Crippen LogP contribution in [0.15, 0.2) is 35.3 Å². The Balaban J connectivity index is 0.00000462. The van der Waals surface area contributed by atoms with E-state index in [-0.39, 0.29) is 30.2 Å². The average molecular weight is 591 g/mol. The van der Waals surface area contributed by atoms with Gasteiger partial charge in [-0.05, 0) is 70.3 Å². The van der Waals surface area contributed by atoms with E-state index in [1.807, 2.05) is 18.2 Å². The predicted molar refractivity (Wildman–Crippen MR) is 161 cm³/mol. The van der Waals surface area contributed by atoms with Gasteiger partial charge in [0.1, 0.15) is 11.6 Å². The van der Waals surface area contributed by atoms with Gasteiger partial charge in [0.15, 0.2) is 0 Å². The number of carbonyl (C=O) groups is 2. The van der Waals surface area contributed by atoms with Crippen LogP contribution in [0, 0.1) is 0 Å². The summed E-state index contributed by atoms with van der Waals surface area (Å²) < 4.78 is 7.06. The number of amides is 3. The molecule has 4 rings (SSSR count). The lowest BCUT2D eigenvalue weighted by atomic mass is 10.1. The zero-order valence-electron chi connectivity index (χ0n) is 24.2. The molecule has 3 heterocycles. The van der Waals surface area contributed by atoms with Gasteiger partial charge >= 0.3 is 11.7 Å². The minimum Gasteiger partial charge on any atom is -0.496 e. The van der Waals surface area contributed by atoms with E-state index in [0.29, 0.717) is 43.7 Å². The molecule has 0 saturated carbocycles. The summed E-state index contributed by atoms with van der Waals surface area (Å²) in [5, 5.41) is 2.69. The molecule has 3 amide bonds. The summed E-state index contributed by atoms with van der Waals surface area (Å²) in [6.45, 7) is 7.84. The first-order valence-corrected chi connectivity index (χ1v) is 13.9. The molecule has 2 fully saturated rings. The molecule has 41 heavy (non-hydrogen) atoms. The minimum absolute atomic E-state index is 0. The number of rotatable bonds is 7. The predicted octanol–water partition coefficient (Wildman–Crippen LogP) is 1.43. The number of nitrogens with two attached hydrogens (primary N) is 2. The van der Waals surface area contributed by atoms with Gasteiger partial charge < -0.3 is 30.9 Å². The standard InChI is InChI=1S/C28H42N8O4.ClH/c1-28(2,30)25(37)34-15-17-35(18-16-34)26(38)31-24-10-14-36(27(39)32-24)22-7-6-20(23(19-22)40-3)8-12-33-11-4-5-21(29)9-13-33;/h6-7,10,14,19,21H,4-5,8-9,11-13,15-18,29-30H2,1-3H3,(H,31,32,38,39);1H. The number of benzene rings is 1. The van der Waals surface area contributed by atoms with Crippen molar-refractivity contribution in [3.05, 3.63) is 46.5 Å². The third-order valence-corrected chi connectivity index (χ3v) is 7.56. The SMILES string of the molecule is COc1cc(-n2ccc(NC(=O)N3CCN(C(=O)C(C)(C)N)CC3)nc2=O)ccc1CCN1CCCC(N)CC1.Cl. The van der Waals surface area contributed by atoms with E-state index in [0.717, 1.165) is 50.9 Å². The fourth-order valence-corrected chi connectivity index (χ4v) is 5.15. The van der Waals surface area contributed by atoms with Crippen LogP contribution in [-0.4, -0.2) is 101 Å². The first kappa shape index (κ1) is 32.3. The van der Waals surface area contributed by atoms with Crippen LogP contribution in [0.3, 0.4) is 0 Å². The number of nitrogens with zero attached hydrogens (tertiary/aromatic N) is 5. The maximum Gasteiger partial charge on any atom is 0.354 e. The van der Waals surface area contributed by atoms with Crippen LogP contribution in [0.5, 0.6) is 5.75 Å². The molecule has 1 aromatic carbocycles. The van der Waals surface area contributed by atoms with E-state index >= 15 is 0 Å². The third-order valence-electron chi connectivity index (χ3n) is 7.56. The van der Waals surface area contributed by atoms with Gasteiger partial charge in [-0.15, -0.1) is 12.4 Å². The molecule has 1 unspecified atom stereocenters. The summed E-state index contributed by atoms with van der Waals surface area (Å²) in [4.78, 5) is 47.7. The minimum atomic E-state index is -0.954. The summed E-state index contributed by atoms with van der Waals surface area (Å²) >= 11 is 0. The molecule has 2 aliphatic rings. The van der Waals surface area contributed by atoms with Gasteiger partial charge in [-0.25, -0.2) is 9.59 Å². The Morgan fingerprint density at radius 3 is 2.44 bits per heavy atom. The van der Waals surface area contributed by atoms with Crippen LogP contribution in [-0.2, 0) is 11.2 Å². The third kappa shape index (κ3) is 8.41. The van der Waals surface area contributed by atoms with Crippen molar-refractivity contribution in [3.63, 3.8) is 0 Å². The molecule has 0 spiro atoms. The fourth-order valence-electron chi connectivity index (χ4n) is 5.15. The highest BCUT2D eigenvalue weighted by atomic mass is 35.5. The maximum absolute atomic E-state index is 12.9. The van der Waals surface area contributed by atoms with Crippen LogP contribution in [0.1, 0.15) is 38.7 Å². The van der Waals surface area contributed by atoms with Crippen molar-refractivity contribution in [3.8, 4) is 11.4 Å². The van der Waals surface area contributed by atoms with Gasteiger partial charge in [0.05, 0.1) is 18.3 Å². The topological polar surface area (TPSA) is 152 Å². The van der Waals surface area contributed by atoms with Crippen molar-refractivity contribution >= 4 is 30.2 Å². The van der Waals surface area contributed by atoms with E-state index in [1.54, 1.807) is 43.0 Å². The van der Waals surface area contributed by atoms with E-state index in [4.69, 9.17) is 16.2 Å². The second-order valence-electron chi connectivity index (χ2n) is 11.2. The quantitative estimate of drug-likeness (QED) is 0.438. The van der Waals surface area contributed by atoms with Gasteiger partial charge in [0.2, 0.25) is 5.91 Å². The lowest BCUT2D eigenvalue weighted by Crippen LogP contribution is -2.58. The average Bonchev–Trinajstić information content (AvgIpc) is 3.14. The maximum atomic E-state index is 12.9. The van der Waals surface area contributed by atoms with Crippen LogP contribution < -0.4 is 27.2 Å². The zero-order valence-corrected chi connectivity index (χ0v) is 25.0. The summed E-state index contributed by atoms with van der Waals surface area (Å²) in [5.41, 5.74) is 12.2. The van der Waals surface area contributed by atoms with E-state index < -0.39 is 11.2 Å². The number of methoxy groups -OCH3 is 1. The first-order chi connectivity index (χ1) is 19.0. The van der Waals surface area contributed by atoms with Crippen molar-refractivity contribution in [2.24, 2.45) is 11.5 Å². The smallest absolute Gasteiger partial charge is 0.354 e. The molecule has 0 aliphatic carbocycles. The normalized spacial score (nSPS) is 18.3.